The summed E-state index contributed by atoms with van der Waals surface area (Å²) in [6.45, 7) is 2.50. The number of nitrogens with one attached hydrogen (secondary N) is 1. The van der Waals surface area contributed by atoms with Crippen molar-refractivity contribution in [3.63, 3.8) is 0 Å². The Morgan fingerprint density at radius 1 is 1.39 bits per heavy atom. The second-order valence-corrected chi connectivity index (χ2v) is 4.68. The van der Waals surface area contributed by atoms with Crippen LogP contribution in [0, 0.1) is 0 Å². The highest BCUT2D eigenvalue weighted by Crippen LogP contribution is 2.28. The number of amides is 1. The minimum absolute atomic E-state index is 0.00972. The molecule has 1 heterocycles. The van der Waals surface area contributed by atoms with Crippen molar-refractivity contribution >= 4 is 17.4 Å². The largest absolute Gasteiger partial charge is 0.316 e. The summed E-state index contributed by atoms with van der Waals surface area (Å²) in [5, 5.41) is 3.11. The number of ketones is 1. The molecule has 2 rings (SSSR count). The van der Waals surface area contributed by atoms with Crippen LogP contribution in [0.3, 0.4) is 0 Å². The van der Waals surface area contributed by atoms with Gasteiger partial charge in [-0.2, -0.15) is 0 Å². The van der Waals surface area contributed by atoms with Gasteiger partial charge in [-0.3, -0.25) is 9.59 Å². The predicted octanol–water partition coefficient (Wildman–Crippen LogP) is 1.27. The molecular formula is C14H18N2O2. The Morgan fingerprint density at radius 2 is 2.17 bits per heavy atom. The fourth-order valence-corrected chi connectivity index (χ4v) is 2.32. The van der Waals surface area contributed by atoms with Gasteiger partial charge in [0, 0.05) is 18.7 Å². The molecule has 0 aromatic heterocycles. The summed E-state index contributed by atoms with van der Waals surface area (Å²) in [5.41, 5.74) is 3.25. The number of fused-ring (bicyclic) bond motifs is 1. The number of hydrogen-bond donors (Lipinski definition) is 1. The molecule has 1 aliphatic heterocycles. The molecule has 0 unspecified atom stereocenters. The number of carbonyl (C=O) groups is 2. The Labute approximate surface area is 107 Å². The zero-order valence-electron chi connectivity index (χ0n) is 10.8. The minimum atomic E-state index is 0.00972. The molecule has 0 atom stereocenters. The van der Waals surface area contributed by atoms with Crippen LogP contribution in [-0.4, -0.2) is 25.3 Å². The molecule has 18 heavy (non-hydrogen) atoms. The van der Waals surface area contributed by atoms with E-state index in [1.165, 1.54) is 12.5 Å². The zero-order valence-corrected chi connectivity index (χ0v) is 10.8. The molecule has 1 amide bonds. The average Bonchev–Trinajstić information content (AvgIpc) is 2.33. The van der Waals surface area contributed by atoms with Crippen LogP contribution >= 0.6 is 0 Å². The van der Waals surface area contributed by atoms with Crippen molar-refractivity contribution in [1.29, 1.82) is 0 Å². The molecule has 1 aromatic carbocycles. The van der Waals surface area contributed by atoms with Crippen LogP contribution < -0.4 is 10.2 Å². The lowest BCUT2D eigenvalue weighted by Crippen LogP contribution is -2.38. The van der Waals surface area contributed by atoms with E-state index in [0.29, 0.717) is 6.42 Å². The van der Waals surface area contributed by atoms with E-state index in [-0.39, 0.29) is 18.2 Å². The summed E-state index contributed by atoms with van der Waals surface area (Å²) in [6.07, 6.45) is 1.25. The van der Waals surface area contributed by atoms with Gasteiger partial charge in [-0.05, 0) is 37.6 Å². The molecule has 0 fully saturated rings. The molecule has 0 saturated heterocycles. The third-order valence-electron chi connectivity index (χ3n) is 3.11. The molecule has 1 aromatic rings. The molecule has 0 bridgehead atoms. The number of Topliss-reactive ketones (excluding diaryl/α,β-unsaturated/α-hetero) is 1. The molecule has 96 valence electrons. The summed E-state index contributed by atoms with van der Waals surface area (Å²) in [5.74, 6) is 0.0505. The van der Waals surface area contributed by atoms with E-state index in [2.05, 4.69) is 11.4 Å². The van der Waals surface area contributed by atoms with Gasteiger partial charge in [0.1, 0.15) is 5.78 Å². The standard InChI is InChI=1S/C14H18N2O2/c1-10(17)9-16-13-5-3-11(8-15-2)7-12(13)4-6-14(16)18/h3,5,7,15H,4,6,8-9H2,1-2H3. The first-order chi connectivity index (χ1) is 8.61. The molecule has 4 heteroatoms. The van der Waals surface area contributed by atoms with Gasteiger partial charge in [-0.25, -0.2) is 0 Å². The van der Waals surface area contributed by atoms with E-state index in [0.717, 1.165) is 24.2 Å². The van der Waals surface area contributed by atoms with E-state index in [9.17, 15) is 9.59 Å². The van der Waals surface area contributed by atoms with Crippen molar-refractivity contribution in [3.8, 4) is 0 Å². The number of nitrogens with zero attached hydrogens (tertiary/aromatic N) is 1. The Kier molecular flexibility index (Phi) is 3.77. The highest BCUT2D eigenvalue weighted by Gasteiger charge is 2.24. The maximum Gasteiger partial charge on any atom is 0.227 e. The normalized spacial score (nSPS) is 14.6. The lowest BCUT2D eigenvalue weighted by Gasteiger charge is -2.29. The van der Waals surface area contributed by atoms with Crippen molar-refractivity contribution in [2.45, 2.75) is 26.3 Å². The van der Waals surface area contributed by atoms with Crippen LogP contribution in [-0.2, 0) is 22.6 Å². The van der Waals surface area contributed by atoms with Crippen LogP contribution in [0.2, 0.25) is 0 Å². The summed E-state index contributed by atoms with van der Waals surface area (Å²) < 4.78 is 0. The monoisotopic (exact) mass is 246 g/mol. The fraction of sp³-hybridized carbons (Fsp3) is 0.429. The van der Waals surface area contributed by atoms with E-state index in [4.69, 9.17) is 0 Å². The summed E-state index contributed by atoms with van der Waals surface area (Å²) >= 11 is 0. The fourth-order valence-electron chi connectivity index (χ4n) is 2.32. The van der Waals surface area contributed by atoms with Gasteiger partial charge in [0.2, 0.25) is 5.91 Å². The second kappa shape index (κ2) is 5.31. The molecule has 1 aliphatic rings. The SMILES string of the molecule is CNCc1ccc2c(c1)CCC(=O)N2CC(C)=O. The molecule has 4 nitrogen and oxygen atoms in total. The molecule has 0 spiro atoms. The van der Waals surface area contributed by atoms with Crippen LogP contribution in [0.25, 0.3) is 0 Å². The third-order valence-corrected chi connectivity index (χ3v) is 3.11. The Hall–Kier alpha value is -1.68. The van der Waals surface area contributed by atoms with Gasteiger partial charge in [0.15, 0.2) is 0 Å². The van der Waals surface area contributed by atoms with Gasteiger partial charge in [-0.1, -0.05) is 12.1 Å². The van der Waals surface area contributed by atoms with E-state index in [1.807, 2.05) is 19.2 Å². The van der Waals surface area contributed by atoms with Crippen molar-refractivity contribution in [2.24, 2.45) is 0 Å². The van der Waals surface area contributed by atoms with Crippen LogP contribution in [0.4, 0.5) is 5.69 Å². The first-order valence-corrected chi connectivity index (χ1v) is 6.18. The number of rotatable bonds is 4. The minimum Gasteiger partial charge on any atom is -0.316 e. The van der Waals surface area contributed by atoms with E-state index >= 15 is 0 Å². The predicted molar refractivity (Wildman–Crippen MR) is 70.6 cm³/mol. The summed E-state index contributed by atoms with van der Waals surface area (Å²) in [6, 6.07) is 6.06. The molecule has 1 N–H and O–H groups in total. The number of aryl methyl sites for hydroxylation is 1. The highest BCUT2D eigenvalue weighted by molar-refractivity contribution is 6.01. The molecule has 0 radical (unpaired) electrons. The molecule has 0 aliphatic carbocycles. The maximum absolute atomic E-state index is 11.9. The van der Waals surface area contributed by atoms with Crippen molar-refractivity contribution in [1.82, 2.24) is 5.32 Å². The van der Waals surface area contributed by atoms with Gasteiger partial charge >= 0.3 is 0 Å². The average molecular weight is 246 g/mol. The first-order valence-electron chi connectivity index (χ1n) is 6.18. The topological polar surface area (TPSA) is 49.4 Å². The lowest BCUT2D eigenvalue weighted by molar-refractivity contribution is -0.122. The number of hydrogen-bond acceptors (Lipinski definition) is 3. The Morgan fingerprint density at radius 3 is 2.83 bits per heavy atom. The summed E-state index contributed by atoms with van der Waals surface area (Å²) in [4.78, 5) is 24.7. The maximum atomic E-state index is 11.9. The van der Waals surface area contributed by atoms with Crippen molar-refractivity contribution < 1.29 is 9.59 Å². The van der Waals surface area contributed by atoms with Crippen LogP contribution in [0.1, 0.15) is 24.5 Å². The van der Waals surface area contributed by atoms with Gasteiger partial charge in [0.25, 0.3) is 0 Å². The van der Waals surface area contributed by atoms with Gasteiger partial charge in [-0.15, -0.1) is 0 Å². The second-order valence-electron chi connectivity index (χ2n) is 4.68. The van der Waals surface area contributed by atoms with Gasteiger partial charge < -0.3 is 10.2 Å². The van der Waals surface area contributed by atoms with Crippen molar-refractivity contribution in [3.05, 3.63) is 29.3 Å². The lowest BCUT2D eigenvalue weighted by atomic mass is 9.98. The zero-order chi connectivity index (χ0) is 13.1. The van der Waals surface area contributed by atoms with Gasteiger partial charge in [0.05, 0.1) is 6.54 Å². The number of carbonyl (C=O) groups excluding carboxylic acids is 2. The molecule has 0 saturated carbocycles. The van der Waals surface area contributed by atoms with Crippen LogP contribution in [0.5, 0.6) is 0 Å². The molecular weight excluding hydrogens is 228 g/mol. The van der Waals surface area contributed by atoms with E-state index < -0.39 is 0 Å². The number of benzene rings is 1. The van der Waals surface area contributed by atoms with Crippen LogP contribution in [0.15, 0.2) is 18.2 Å². The third kappa shape index (κ3) is 2.59. The quantitative estimate of drug-likeness (QED) is 0.870. The van der Waals surface area contributed by atoms with Crippen molar-refractivity contribution in [2.75, 3.05) is 18.5 Å². The Bertz CT molecular complexity index is 483. The Balaban J connectivity index is 2.32. The highest BCUT2D eigenvalue weighted by atomic mass is 16.2. The first kappa shape index (κ1) is 12.8. The van der Waals surface area contributed by atoms with E-state index in [1.54, 1.807) is 4.90 Å². The summed E-state index contributed by atoms with van der Waals surface area (Å²) in [7, 11) is 1.91. The number of anilines is 1. The smallest absolute Gasteiger partial charge is 0.227 e.